The van der Waals surface area contributed by atoms with Crippen molar-refractivity contribution in [3.63, 3.8) is 0 Å². The first-order chi connectivity index (χ1) is 10.7. The second-order valence-electron chi connectivity index (χ2n) is 5.87. The number of hydrogen-bond donors (Lipinski definition) is 2. The summed E-state index contributed by atoms with van der Waals surface area (Å²) in [6.45, 7) is 0.836. The number of aliphatic hydroxyl groups excluding tert-OH is 1. The van der Waals surface area contributed by atoms with Gasteiger partial charge < -0.3 is 10.4 Å². The Kier molecular flexibility index (Phi) is 5.00. The molecule has 2 N–H and O–H groups in total. The summed E-state index contributed by atoms with van der Waals surface area (Å²) in [5.41, 5.74) is 1.03. The quantitative estimate of drug-likeness (QED) is 0.888. The molecule has 22 heavy (non-hydrogen) atoms. The van der Waals surface area contributed by atoms with Gasteiger partial charge in [-0.2, -0.15) is 0 Å². The van der Waals surface area contributed by atoms with Crippen LogP contribution >= 0.6 is 11.3 Å². The fraction of sp³-hybridized carbons (Fsp3) is 0.500. The van der Waals surface area contributed by atoms with Crippen molar-refractivity contribution in [1.82, 2.24) is 10.2 Å². The Labute approximate surface area is 133 Å². The van der Waals surface area contributed by atoms with Crippen LogP contribution in [0.3, 0.4) is 0 Å². The van der Waals surface area contributed by atoms with E-state index in [1.807, 2.05) is 0 Å². The van der Waals surface area contributed by atoms with Gasteiger partial charge in [0.1, 0.15) is 10.8 Å². The molecule has 6 heteroatoms. The molecule has 0 amide bonds. The number of halogens is 1. The smallest absolute Gasteiger partial charge is 0.205 e. The molecule has 1 aromatic heterocycles. The van der Waals surface area contributed by atoms with Crippen molar-refractivity contribution in [2.24, 2.45) is 5.92 Å². The summed E-state index contributed by atoms with van der Waals surface area (Å²) in [7, 11) is 0. The molecule has 0 spiro atoms. The molecule has 2 atom stereocenters. The zero-order chi connectivity index (χ0) is 15.4. The minimum Gasteiger partial charge on any atom is -0.393 e. The van der Waals surface area contributed by atoms with Gasteiger partial charge in [-0.25, -0.2) is 4.39 Å². The molecule has 4 nitrogen and oxygen atoms in total. The first-order valence-electron chi connectivity index (χ1n) is 7.68. The maximum Gasteiger partial charge on any atom is 0.205 e. The summed E-state index contributed by atoms with van der Waals surface area (Å²) in [6.07, 6.45) is 4.57. The van der Waals surface area contributed by atoms with Crippen LogP contribution in [0.4, 0.5) is 9.52 Å². The number of benzene rings is 1. The van der Waals surface area contributed by atoms with Gasteiger partial charge in [0.15, 0.2) is 0 Å². The molecule has 0 aliphatic heterocycles. The summed E-state index contributed by atoms with van der Waals surface area (Å²) in [5.74, 6) is 0.284. The highest BCUT2D eigenvalue weighted by Crippen LogP contribution is 2.25. The average molecular weight is 321 g/mol. The van der Waals surface area contributed by atoms with Gasteiger partial charge in [0, 0.05) is 13.0 Å². The van der Waals surface area contributed by atoms with Crippen molar-refractivity contribution in [2.45, 2.75) is 38.2 Å². The van der Waals surface area contributed by atoms with Crippen LogP contribution in [-0.4, -0.2) is 28.0 Å². The third-order valence-corrected chi connectivity index (χ3v) is 4.91. The van der Waals surface area contributed by atoms with E-state index < -0.39 is 0 Å². The highest BCUT2D eigenvalue weighted by molar-refractivity contribution is 7.15. The molecule has 0 bridgehead atoms. The third kappa shape index (κ3) is 4.24. The number of anilines is 1. The molecular weight excluding hydrogens is 301 g/mol. The van der Waals surface area contributed by atoms with Gasteiger partial charge in [0.05, 0.1) is 6.10 Å². The zero-order valence-electron chi connectivity index (χ0n) is 12.3. The molecule has 1 fully saturated rings. The van der Waals surface area contributed by atoms with Crippen molar-refractivity contribution in [2.75, 3.05) is 11.9 Å². The van der Waals surface area contributed by atoms with E-state index in [0.29, 0.717) is 12.3 Å². The van der Waals surface area contributed by atoms with Crippen molar-refractivity contribution >= 4 is 16.5 Å². The van der Waals surface area contributed by atoms with Crippen molar-refractivity contribution in [3.8, 4) is 0 Å². The second kappa shape index (κ2) is 7.15. The van der Waals surface area contributed by atoms with Crippen molar-refractivity contribution in [1.29, 1.82) is 0 Å². The first-order valence-corrected chi connectivity index (χ1v) is 8.49. The van der Waals surface area contributed by atoms with Crippen molar-refractivity contribution < 1.29 is 9.50 Å². The molecule has 1 saturated carbocycles. The van der Waals surface area contributed by atoms with E-state index in [2.05, 4.69) is 15.5 Å². The maximum atomic E-state index is 12.9. The highest BCUT2D eigenvalue weighted by Gasteiger charge is 2.20. The third-order valence-electron chi connectivity index (χ3n) is 4.03. The van der Waals surface area contributed by atoms with E-state index >= 15 is 0 Å². The Bertz CT molecular complexity index is 602. The highest BCUT2D eigenvalue weighted by atomic mass is 32.1. The Balaban J connectivity index is 1.51. The van der Waals surface area contributed by atoms with Crippen molar-refractivity contribution in [3.05, 3.63) is 40.7 Å². The molecule has 3 rings (SSSR count). The summed E-state index contributed by atoms with van der Waals surface area (Å²) in [5, 5.41) is 23.1. The number of nitrogens with one attached hydrogen (secondary N) is 1. The summed E-state index contributed by atoms with van der Waals surface area (Å²) in [6, 6.07) is 6.47. The molecule has 1 aliphatic rings. The van der Waals surface area contributed by atoms with Crippen LogP contribution in [0.5, 0.6) is 0 Å². The van der Waals surface area contributed by atoms with Crippen LogP contribution in [0.25, 0.3) is 0 Å². The number of hydrogen-bond acceptors (Lipinski definition) is 5. The predicted octanol–water partition coefficient (Wildman–Crippen LogP) is 3.23. The van der Waals surface area contributed by atoms with Crippen LogP contribution in [0, 0.1) is 11.7 Å². The number of aliphatic hydroxyl groups is 1. The van der Waals surface area contributed by atoms with E-state index in [-0.39, 0.29) is 11.9 Å². The van der Waals surface area contributed by atoms with Gasteiger partial charge in [-0.3, -0.25) is 0 Å². The Hall–Kier alpha value is -1.53. The van der Waals surface area contributed by atoms with E-state index in [1.165, 1.54) is 23.5 Å². The molecule has 1 heterocycles. The molecule has 2 aromatic rings. The van der Waals surface area contributed by atoms with Crippen LogP contribution in [0.2, 0.25) is 0 Å². The lowest BCUT2D eigenvalue weighted by molar-refractivity contribution is 0.105. The summed E-state index contributed by atoms with van der Waals surface area (Å²) >= 11 is 1.53. The van der Waals surface area contributed by atoms with Gasteiger partial charge >= 0.3 is 0 Å². The first kappa shape index (κ1) is 15.4. The SMILES string of the molecule is OC1CCCC(CNc2nnc(Cc3ccc(F)cc3)s2)C1. The Morgan fingerprint density at radius 1 is 1.23 bits per heavy atom. The summed E-state index contributed by atoms with van der Waals surface area (Å²) < 4.78 is 12.9. The lowest BCUT2D eigenvalue weighted by Crippen LogP contribution is -2.24. The monoisotopic (exact) mass is 321 g/mol. The standard InChI is InChI=1S/C16H20FN3OS/c17-13-6-4-11(5-7-13)9-15-19-20-16(22-15)18-10-12-2-1-3-14(21)8-12/h4-7,12,14,21H,1-3,8-10H2,(H,18,20). The van der Waals surface area contributed by atoms with Crippen LogP contribution in [0.15, 0.2) is 24.3 Å². The van der Waals surface area contributed by atoms with Gasteiger partial charge in [-0.05, 0) is 42.9 Å². The minimum atomic E-state index is -0.224. The molecule has 0 saturated heterocycles. The maximum absolute atomic E-state index is 12.9. The van der Waals surface area contributed by atoms with Crippen LogP contribution in [-0.2, 0) is 6.42 Å². The van der Waals surface area contributed by atoms with Gasteiger partial charge in [0.2, 0.25) is 5.13 Å². The molecular formula is C16H20FN3OS. The van der Waals surface area contributed by atoms with E-state index in [0.717, 1.165) is 47.9 Å². The van der Waals surface area contributed by atoms with E-state index in [4.69, 9.17) is 0 Å². The van der Waals surface area contributed by atoms with Crippen LogP contribution < -0.4 is 5.32 Å². The molecule has 1 aromatic carbocycles. The van der Waals surface area contributed by atoms with Gasteiger partial charge in [-0.1, -0.05) is 29.9 Å². The normalized spacial score (nSPS) is 21.7. The molecule has 118 valence electrons. The fourth-order valence-electron chi connectivity index (χ4n) is 2.85. The molecule has 0 radical (unpaired) electrons. The molecule has 1 aliphatic carbocycles. The second-order valence-corrected chi connectivity index (χ2v) is 6.93. The lowest BCUT2D eigenvalue weighted by Gasteiger charge is -2.25. The number of rotatable bonds is 5. The van der Waals surface area contributed by atoms with Gasteiger partial charge in [0.25, 0.3) is 0 Å². The predicted molar refractivity (Wildman–Crippen MR) is 85.6 cm³/mol. The number of aromatic nitrogens is 2. The Morgan fingerprint density at radius 2 is 2.05 bits per heavy atom. The van der Waals surface area contributed by atoms with Crippen LogP contribution in [0.1, 0.15) is 36.3 Å². The van der Waals surface area contributed by atoms with Gasteiger partial charge in [-0.15, -0.1) is 10.2 Å². The molecule has 2 unspecified atom stereocenters. The van der Waals surface area contributed by atoms with E-state index in [1.54, 1.807) is 12.1 Å². The lowest BCUT2D eigenvalue weighted by atomic mass is 9.87. The van der Waals surface area contributed by atoms with E-state index in [9.17, 15) is 9.50 Å². The summed E-state index contributed by atoms with van der Waals surface area (Å²) in [4.78, 5) is 0. The zero-order valence-corrected chi connectivity index (χ0v) is 13.2. The fourth-order valence-corrected chi connectivity index (χ4v) is 3.63. The Morgan fingerprint density at radius 3 is 2.82 bits per heavy atom. The topological polar surface area (TPSA) is 58.0 Å². The minimum absolute atomic E-state index is 0.149. The number of nitrogens with zero attached hydrogens (tertiary/aromatic N) is 2. The largest absolute Gasteiger partial charge is 0.393 e. The average Bonchev–Trinajstić information content (AvgIpc) is 2.95.